The second kappa shape index (κ2) is 8.67. The number of anilines is 1. The molecule has 1 saturated heterocycles. The molecule has 4 heterocycles. The number of amides is 2. The van der Waals surface area contributed by atoms with Crippen LogP contribution in [-0.2, 0) is 4.74 Å². The van der Waals surface area contributed by atoms with Crippen LogP contribution in [0.15, 0.2) is 40.8 Å². The average molecular weight is 488 g/mol. The molecule has 1 aromatic carbocycles. The van der Waals surface area contributed by atoms with Crippen molar-refractivity contribution in [2.45, 2.75) is 6.92 Å². The van der Waals surface area contributed by atoms with Crippen LogP contribution in [0.5, 0.6) is 0 Å². The molecule has 3 aromatic heterocycles. The van der Waals surface area contributed by atoms with E-state index in [1.807, 2.05) is 24.3 Å². The van der Waals surface area contributed by atoms with Crippen molar-refractivity contribution in [3.63, 3.8) is 0 Å². The Labute approximate surface area is 196 Å². The fraction of sp³-hybridized carbons (Fsp3) is 0.227. The third-order valence-electron chi connectivity index (χ3n) is 5.11. The van der Waals surface area contributed by atoms with Crippen LogP contribution in [0.25, 0.3) is 20.9 Å². The minimum Gasteiger partial charge on any atom is -0.449 e. The number of morpholine rings is 1. The first-order chi connectivity index (χ1) is 15.5. The van der Waals surface area contributed by atoms with E-state index >= 15 is 0 Å². The molecule has 5 rings (SSSR count). The van der Waals surface area contributed by atoms with E-state index in [1.54, 1.807) is 24.0 Å². The zero-order chi connectivity index (χ0) is 22.2. The van der Waals surface area contributed by atoms with Gasteiger partial charge in [0.25, 0.3) is 11.8 Å². The van der Waals surface area contributed by atoms with Crippen LogP contribution < -0.4 is 5.32 Å². The van der Waals surface area contributed by atoms with Crippen molar-refractivity contribution in [2.75, 3.05) is 31.6 Å². The molecule has 1 aliphatic heterocycles. The quantitative estimate of drug-likeness (QED) is 0.422. The lowest BCUT2D eigenvalue weighted by Crippen LogP contribution is -2.40. The number of para-hydroxylation sites is 1. The Balaban J connectivity index is 1.49. The van der Waals surface area contributed by atoms with Crippen LogP contribution in [0.1, 0.15) is 25.9 Å². The normalized spacial score (nSPS) is 14.1. The molecular weight excluding hydrogens is 470 g/mol. The summed E-state index contributed by atoms with van der Waals surface area (Å²) in [5.41, 5.74) is 1.52. The highest BCUT2D eigenvalue weighted by atomic mass is 35.5. The van der Waals surface area contributed by atoms with Crippen LogP contribution in [0, 0.1) is 6.92 Å². The number of rotatable bonds is 4. The second-order valence-electron chi connectivity index (χ2n) is 7.20. The minimum atomic E-state index is -0.337. The molecule has 164 valence electrons. The van der Waals surface area contributed by atoms with E-state index in [2.05, 4.69) is 10.3 Å². The number of nitrogens with zero attached hydrogens (tertiary/aromatic N) is 2. The number of furan rings is 1. The van der Waals surface area contributed by atoms with Gasteiger partial charge in [-0.2, -0.15) is 0 Å². The number of nitrogens with one attached hydrogen (secondary N) is 1. The minimum absolute atomic E-state index is 0.119. The van der Waals surface area contributed by atoms with Crippen molar-refractivity contribution < 1.29 is 18.7 Å². The molecule has 0 saturated carbocycles. The first kappa shape index (κ1) is 21.1. The third kappa shape index (κ3) is 3.93. The average Bonchev–Trinajstić information content (AvgIpc) is 3.51. The van der Waals surface area contributed by atoms with E-state index in [4.69, 9.17) is 20.8 Å². The summed E-state index contributed by atoms with van der Waals surface area (Å²) in [6.07, 6.45) is 0. The number of ether oxygens (including phenoxy) is 1. The Kier molecular flexibility index (Phi) is 5.73. The first-order valence-electron chi connectivity index (χ1n) is 9.94. The molecule has 10 heteroatoms. The summed E-state index contributed by atoms with van der Waals surface area (Å²) < 4.78 is 11.9. The van der Waals surface area contributed by atoms with Gasteiger partial charge in [0.2, 0.25) is 5.76 Å². The van der Waals surface area contributed by atoms with Crippen molar-refractivity contribution in [3.05, 3.63) is 57.1 Å². The van der Waals surface area contributed by atoms with Crippen molar-refractivity contribution in [1.82, 2.24) is 9.88 Å². The fourth-order valence-corrected chi connectivity index (χ4v) is 5.60. The number of thiophene rings is 1. The summed E-state index contributed by atoms with van der Waals surface area (Å²) in [4.78, 5) is 34.0. The smallest absolute Gasteiger partial charge is 0.291 e. The number of aromatic nitrogens is 1. The monoisotopic (exact) mass is 487 g/mol. The Morgan fingerprint density at radius 3 is 2.66 bits per heavy atom. The van der Waals surface area contributed by atoms with E-state index in [0.29, 0.717) is 57.9 Å². The summed E-state index contributed by atoms with van der Waals surface area (Å²) in [5.74, 6) is -0.486. The van der Waals surface area contributed by atoms with Gasteiger partial charge in [0, 0.05) is 18.5 Å². The molecule has 1 aliphatic rings. The number of thiazole rings is 1. The van der Waals surface area contributed by atoms with E-state index < -0.39 is 0 Å². The Morgan fingerprint density at radius 1 is 1.12 bits per heavy atom. The molecule has 7 nitrogen and oxygen atoms in total. The maximum Gasteiger partial charge on any atom is 0.291 e. The van der Waals surface area contributed by atoms with E-state index in [1.165, 1.54) is 22.7 Å². The summed E-state index contributed by atoms with van der Waals surface area (Å²) in [6, 6.07) is 11.0. The maximum absolute atomic E-state index is 13.2. The number of aryl methyl sites for hydroxylation is 1. The summed E-state index contributed by atoms with van der Waals surface area (Å²) >= 11 is 8.74. The number of carbonyl (C=O) groups excluding carboxylic acids is 2. The standard InChI is InChI=1S/C22H18ClN3O4S2/c1-12-19(32-21(24-12)15-6-7-16(23)31-15)20(27)25-17-13-4-2-3-5-14(13)30-18(17)22(28)26-8-10-29-11-9-26/h2-7H,8-11H2,1H3,(H,25,27). The Hall–Kier alpha value is -2.72. The fourth-order valence-electron chi connectivity index (χ4n) is 3.54. The van der Waals surface area contributed by atoms with Gasteiger partial charge in [-0.05, 0) is 31.2 Å². The molecule has 0 spiro atoms. The van der Waals surface area contributed by atoms with Gasteiger partial charge in [-0.25, -0.2) is 4.98 Å². The van der Waals surface area contributed by atoms with Crippen LogP contribution in [0.3, 0.4) is 0 Å². The van der Waals surface area contributed by atoms with Crippen molar-refractivity contribution in [3.8, 4) is 9.88 Å². The van der Waals surface area contributed by atoms with Gasteiger partial charge in [0.05, 0.1) is 28.1 Å². The highest BCUT2D eigenvalue weighted by Gasteiger charge is 2.28. The van der Waals surface area contributed by atoms with E-state index in [9.17, 15) is 9.59 Å². The van der Waals surface area contributed by atoms with Crippen LogP contribution in [0.4, 0.5) is 5.69 Å². The summed E-state index contributed by atoms with van der Waals surface area (Å²) in [6.45, 7) is 3.69. The molecule has 0 atom stereocenters. The molecule has 0 unspecified atom stereocenters. The molecule has 0 aliphatic carbocycles. The van der Waals surface area contributed by atoms with Crippen molar-refractivity contribution >= 4 is 62.7 Å². The number of hydrogen-bond acceptors (Lipinski definition) is 7. The van der Waals surface area contributed by atoms with E-state index in [-0.39, 0.29) is 17.6 Å². The van der Waals surface area contributed by atoms with Gasteiger partial charge in [0.1, 0.15) is 21.2 Å². The van der Waals surface area contributed by atoms with Crippen molar-refractivity contribution in [1.29, 1.82) is 0 Å². The van der Waals surface area contributed by atoms with Gasteiger partial charge in [-0.15, -0.1) is 22.7 Å². The number of benzene rings is 1. The highest BCUT2D eigenvalue weighted by molar-refractivity contribution is 7.24. The molecule has 0 radical (unpaired) electrons. The molecular formula is C22H18ClN3O4S2. The third-order valence-corrected chi connectivity index (χ3v) is 7.67. The van der Waals surface area contributed by atoms with Crippen LogP contribution in [-0.4, -0.2) is 48.0 Å². The number of hydrogen-bond donors (Lipinski definition) is 1. The molecule has 4 aromatic rings. The lowest BCUT2D eigenvalue weighted by molar-refractivity contribution is 0.0285. The molecule has 32 heavy (non-hydrogen) atoms. The zero-order valence-corrected chi connectivity index (χ0v) is 19.4. The van der Waals surface area contributed by atoms with Gasteiger partial charge in [0.15, 0.2) is 0 Å². The van der Waals surface area contributed by atoms with Crippen LogP contribution in [0.2, 0.25) is 4.34 Å². The lowest BCUT2D eigenvalue weighted by atomic mass is 10.2. The first-order valence-corrected chi connectivity index (χ1v) is 12.0. The van der Waals surface area contributed by atoms with E-state index in [0.717, 1.165) is 9.88 Å². The van der Waals surface area contributed by atoms with Gasteiger partial charge in [-0.1, -0.05) is 23.7 Å². The predicted octanol–water partition coefficient (Wildman–Crippen LogP) is 5.30. The lowest BCUT2D eigenvalue weighted by Gasteiger charge is -2.26. The van der Waals surface area contributed by atoms with Crippen LogP contribution >= 0.6 is 34.3 Å². The predicted molar refractivity (Wildman–Crippen MR) is 126 cm³/mol. The molecule has 1 fully saturated rings. The Bertz CT molecular complexity index is 1320. The second-order valence-corrected chi connectivity index (χ2v) is 9.91. The number of carbonyl (C=O) groups is 2. The summed E-state index contributed by atoms with van der Waals surface area (Å²) in [7, 11) is 0. The zero-order valence-electron chi connectivity index (χ0n) is 17.0. The highest BCUT2D eigenvalue weighted by Crippen LogP contribution is 2.36. The summed E-state index contributed by atoms with van der Waals surface area (Å²) in [5, 5.41) is 4.32. The largest absolute Gasteiger partial charge is 0.449 e. The molecule has 2 amide bonds. The van der Waals surface area contributed by atoms with Gasteiger partial charge in [-0.3, -0.25) is 9.59 Å². The molecule has 0 bridgehead atoms. The topological polar surface area (TPSA) is 84.7 Å². The molecule has 1 N–H and O–H groups in total. The van der Waals surface area contributed by atoms with Crippen molar-refractivity contribution in [2.24, 2.45) is 0 Å². The van der Waals surface area contributed by atoms with Gasteiger partial charge >= 0.3 is 0 Å². The number of fused-ring (bicyclic) bond motifs is 1. The number of halogens is 1. The maximum atomic E-state index is 13.2. The van der Waals surface area contributed by atoms with Gasteiger partial charge < -0.3 is 19.4 Å². The Morgan fingerprint density at radius 2 is 1.91 bits per heavy atom. The SMILES string of the molecule is Cc1nc(-c2ccc(Cl)s2)sc1C(=O)Nc1c(C(=O)N2CCOCC2)oc2ccccc12.